The third kappa shape index (κ3) is 3.53. The Kier molecular flexibility index (Phi) is 5.14. The van der Waals surface area contributed by atoms with Crippen molar-refractivity contribution in [3.05, 3.63) is 106 Å². The molecule has 0 aliphatic carbocycles. The zero-order valence-electron chi connectivity index (χ0n) is 15.0. The highest BCUT2D eigenvalue weighted by Gasteiger charge is 2.46. The molecular weight excluding hydrogens is 409 g/mol. The summed E-state index contributed by atoms with van der Waals surface area (Å²) in [5.41, 5.74) is 1.59. The summed E-state index contributed by atoms with van der Waals surface area (Å²) >= 11 is 12.0. The van der Waals surface area contributed by atoms with Gasteiger partial charge in [0.05, 0.1) is 11.6 Å². The third-order valence-electron chi connectivity index (χ3n) is 4.76. The van der Waals surface area contributed by atoms with Crippen LogP contribution in [0.25, 0.3) is 5.76 Å². The van der Waals surface area contributed by atoms with Crippen molar-refractivity contribution in [3.8, 4) is 0 Å². The molecule has 1 fully saturated rings. The standard InChI is InChI=1S/C23H15Cl2NO3/c24-16-9-11-18(12-10-16)26-20(14-5-2-1-3-6-14)19(22(28)23(26)29)21(27)15-7-4-8-17(25)13-15/h1-13,20,27H/b21-19-. The number of rotatable bonds is 3. The quantitative estimate of drug-likeness (QED) is 0.337. The summed E-state index contributed by atoms with van der Waals surface area (Å²) in [7, 11) is 0. The number of ketones is 1. The maximum atomic E-state index is 13.0. The van der Waals surface area contributed by atoms with Gasteiger partial charge in [-0.3, -0.25) is 14.5 Å². The number of nitrogens with zero attached hydrogens (tertiary/aromatic N) is 1. The lowest BCUT2D eigenvalue weighted by Gasteiger charge is -2.25. The molecule has 4 rings (SSSR count). The van der Waals surface area contributed by atoms with Gasteiger partial charge in [-0.2, -0.15) is 0 Å². The number of hydrogen-bond acceptors (Lipinski definition) is 3. The predicted octanol–water partition coefficient (Wildman–Crippen LogP) is 5.62. The van der Waals surface area contributed by atoms with E-state index >= 15 is 0 Å². The van der Waals surface area contributed by atoms with E-state index in [1.807, 2.05) is 30.3 Å². The van der Waals surface area contributed by atoms with Gasteiger partial charge in [0.2, 0.25) is 0 Å². The van der Waals surface area contributed by atoms with Gasteiger partial charge in [0, 0.05) is 21.3 Å². The van der Waals surface area contributed by atoms with Crippen LogP contribution in [-0.2, 0) is 9.59 Å². The highest BCUT2D eigenvalue weighted by Crippen LogP contribution is 2.42. The fourth-order valence-electron chi connectivity index (χ4n) is 3.44. The van der Waals surface area contributed by atoms with Gasteiger partial charge >= 0.3 is 0 Å². The lowest BCUT2D eigenvalue weighted by Crippen LogP contribution is -2.29. The van der Waals surface area contributed by atoms with Gasteiger partial charge < -0.3 is 5.11 Å². The van der Waals surface area contributed by atoms with Crippen LogP contribution in [0, 0.1) is 0 Å². The Morgan fingerprint density at radius 1 is 0.828 bits per heavy atom. The van der Waals surface area contributed by atoms with Crippen LogP contribution in [0.3, 0.4) is 0 Å². The Hall–Kier alpha value is -3.08. The van der Waals surface area contributed by atoms with Crippen LogP contribution in [0.1, 0.15) is 17.2 Å². The first-order valence-corrected chi connectivity index (χ1v) is 9.60. The Labute approximate surface area is 177 Å². The van der Waals surface area contributed by atoms with Crippen LogP contribution in [0.15, 0.2) is 84.4 Å². The second kappa shape index (κ2) is 7.74. The SMILES string of the molecule is O=C1C(=O)N(c2ccc(Cl)cc2)C(c2ccccc2)/C1=C(/O)c1cccc(Cl)c1. The van der Waals surface area contributed by atoms with E-state index < -0.39 is 17.7 Å². The van der Waals surface area contributed by atoms with Crippen molar-refractivity contribution >= 4 is 46.3 Å². The summed E-state index contributed by atoms with van der Waals surface area (Å²) in [6.07, 6.45) is 0. The van der Waals surface area contributed by atoms with Crippen molar-refractivity contribution in [1.29, 1.82) is 0 Å². The second-order valence-corrected chi connectivity index (χ2v) is 7.44. The molecule has 1 heterocycles. The van der Waals surface area contributed by atoms with Crippen LogP contribution < -0.4 is 4.90 Å². The summed E-state index contributed by atoms with van der Waals surface area (Å²) in [5, 5.41) is 11.9. The van der Waals surface area contributed by atoms with E-state index in [0.29, 0.717) is 26.9 Å². The molecule has 1 aliphatic heterocycles. The molecule has 3 aromatic rings. The van der Waals surface area contributed by atoms with Crippen LogP contribution in [0.5, 0.6) is 0 Å². The summed E-state index contributed by atoms with van der Waals surface area (Å²) in [4.78, 5) is 27.3. The first-order valence-electron chi connectivity index (χ1n) is 8.85. The molecular formula is C23H15Cl2NO3. The van der Waals surface area contributed by atoms with Crippen LogP contribution in [0.4, 0.5) is 5.69 Å². The van der Waals surface area contributed by atoms with Crippen molar-refractivity contribution in [2.24, 2.45) is 0 Å². The lowest BCUT2D eigenvalue weighted by molar-refractivity contribution is -0.132. The number of hydrogen-bond donors (Lipinski definition) is 1. The number of benzene rings is 3. The van der Waals surface area contributed by atoms with E-state index in [4.69, 9.17) is 23.2 Å². The van der Waals surface area contributed by atoms with Gasteiger partial charge in [-0.15, -0.1) is 0 Å². The topological polar surface area (TPSA) is 57.6 Å². The van der Waals surface area contributed by atoms with Crippen molar-refractivity contribution in [2.75, 3.05) is 4.90 Å². The molecule has 6 heteroatoms. The highest BCUT2D eigenvalue weighted by molar-refractivity contribution is 6.51. The van der Waals surface area contributed by atoms with E-state index in [1.165, 1.54) is 4.90 Å². The molecule has 144 valence electrons. The number of carbonyl (C=O) groups is 2. The average Bonchev–Trinajstić information content (AvgIpc) is 3.00. The van der Waals surface area contributed by atoms with Crippen LogP contribution in [0.2, 0.25) is 10.0 Å². The highest BCUT2D eigenvalue weighted by atomic mass is 35.5. The molecule has 0 spiro atoms. The Morgan fingerprint density at radius 3 is 2.17 bits per heavy atom. The maximum Gasteiger partial charge on any atom is 0.300 e. The van der Waals surface area contributed by atoms with Crippen molar-refractivity contribution in [3.63, 3.8) is 0 Å². The van der Waals surface area contributed by atoms with Gasteiger partial charge in [0.25, 0.3) is 11.7 Å². The van der Waals surface area contributed by atoms with Crippen LogP contribution in [-0.4, -0.2) is 16.8 Å². The van der Waals surface area contributed by atoms with E-state index in [0.717, 1.165) is 0 Å². The smallest absolute Gasteiger partial charge is 0.300 e. The number of amides is 1. The monoisotopic (exact) mass is 423 g/mol. The number of halogens is 2. The minimum absolute atomic E-state index is 0.0124. The molecule has 0 radical (unpaired) electrons. The normalized spacial score (nSPS) is 18.3. The largest absolute Gasteiger partial charge is 0.507 e. The molecule has 0 bridgehead atoms. The Morgan fingerprint density at radius 2 is 1.52 bits per heavy atom. The van der Waals surface area contributed by atoms with E-state index in [1.54, 1.807) is 48.5 Å². The molecule has 1 atom stereocenters. The second-order valence-electron chi connectivity index (χ2n) is 6.57. The zero-order chi connectivity index (χ0) is 20.5. The molecule has 29 heavy (non-hydrogen) atoms. The van der Waals surface area contributed by atoms with Gasteiger partial charge in [-0.1, -0.05) is 65.7 Å². The number of aliphatic hydroxyl groups excluding tert-OH is 1. The van der Waals surface area contributed by atoms with E-state index in [9.17, 15) is 14.7 Å². The van der Waals surface area contributed by atoms with Gasteiger partial charge in [0.15, 0.2) is 0 Å². The molecule has 1 N–H and O–H groups in total. The van der Waals surface area contributed by atoms with Crippen molar-refractivity contribution in [1.82, 2.24) is 0 Å². The summed E-state index contributed by atoms with van der Waals surface area (Å²) in [6, 6.07) is 21.5. The Bertz CT molecular complexity index is 1120. The summed E-state index contributed by atoms with van der Waals surface area (Å²) < 4.78 is 0. The number of carbonyl (C=O) groups excluding carboxylic acids is 2. The third-order valence-corrected chi connectivity index (χ3v) is 5.25. The molecule has 4 nitrogen and oxygen atoms in total. The van der Waals surface area contributed by atoms with Crippen molar-refractivity contribution in [2.45, 2.75) is 6.04 Å². The minimum Gasteiger partial charge on any atom is -0.507 e. The van der Waals surface area contributed by atoms with Gasteiger partial charge in [-0.05, 0) is 42.0 Å². The molecule has 1 amide bonds. The average molecular weight is 424 g/mol. The van der Waals surface area contributed by atoms with E-state index in [2.05, 4.69) is 0 Å². The maximum absolute atomic E-state index is 13.0. The molecule has 1 aliphatic rings. The van der Waals surface area contributed by atoms with E-state index in [-0.39, 0.29) is 11.3 Å². The first kappa shape index (κ1) is 19.2. The lowest BCUT2D eigenvalue weighted by atomic mass is 9.95. The zero-order valence-corrected chi connectivity index (χ0v) is 16.6. The Balaban J connectivity index is 1.94. The number of Topliss-reactive ketones (excluding diaryl/α,β-unsaturated/α-hetero) is 1. The first-order chi connectivity index (χ1) is 14.0. The van der Waals surface area contributed by atoms with Crippen LogP contribution >= 0.6 is 23.2 Å². The number of aliphatic hydroxyl groups is 1. The van der Waals surface area contributed by atoms with Gasteiger partial charge in [0.1, 0.15) is 5.76 Å². The predicted molar refractivity (Wildman–Crippen MR) is 114 cm³/mol. The number of anilines is 1. The summed E-state index contributed by atoms with van der Waals surface area (Å²) in [5.74, 6) is -1.74. The van der Waals surface area contributed by atoms with Crippen molar-refractivity contribution < 1.29 is 14.7 Å². The van der Waals surface area contributed by atoms with Gasteiger partial charge in [-0.25, -0.2) is 0 Å². The minimum atomic E-state index is -0.781. The molecule has 0 saturated carbocycles. The summed E-state index contributed by atoms with van der Waals surface area (Å²) in [6.45, 7) is 0. The fourth-order valence-corrected chi connectivity index (χ4v) is 3.76. The molecule has 0 aromatic heterocycles. The fraction of sp³-hybridized carbons (Fsp3) is 0.0435. The molecule has 3 aromatic carbocycles. The molecule has 1 unspecified atom stereocenters. The molecule has 1 saturated heterocycles.